The summed E-state index contributed by atoms with van der Waals surface area (Å²) in [5.74, 6) is -0.379. The first-order valence-corrected chi connectivity index (χ1v) is 5.12. The smallest absolute Gasteiger partial charge is 0.242 e. The molecule has 0 radical (unpaired) electrons. The van der Waals surface area contributed by atoms with Crippen molar-refractivity contribution in [2.45, 2.75) is 39.3 Å². The standard InChI is InChI=1S/C10H21N3O2/c1-6-12-10(3,4)9(15)13-7(2)8(14)11-5/h7,12H,6H2,1-5H3,(H,11,14)(H,13,15)/t7-/m1/s1. The van der Waals surface area contributed by atoms with Crippen LogP contribution in [0.2, 0.25) is 0 Å². The highest BCUT2D eigenvalue weighted by atomic mass is 16.2. The minimum Gasteiger partial charge on any atom is -0.357 e. The molecule has 0 spiro atoms. The molecule has 5 heteroatoms. The SMILES string of the molecule is CCNC(C)(C)C(=O)N[C@H](C)C(=O)NC. The maximum absolute atomic E-state index is 11.7. The molecule has 0 saturated heterocycles. The van der Waals surface area contributed by atoms with Gasteiger partial charge in [-0.1, -0.05) is 6.92 Å². The largest absolute Gasteiger partial charge is 0.357 e. The number of carbonyl (C=O) groups is 2. The Bertz CT molecular complexity index is 239. The Morgan fingerprint density at radius 3 is 2.27 bits per heavy atom. The lowest BCUT2D eigenvalue weighted by atomic mass is 10.0. The molecule has 0 saturated carbocycles. The Kier molecular flexibility index (Phi) is 5.28. The molecular formula is C10H21N3O2. The first-order valence-electron chi connectivity index (χ1n) is 5.12. The minimum absolute atomic E-state index is 0.180. The number of likely N-dealkylation sites (N-methyl/N-ethyl adjacent to an activating group) is 2. The van der Waals surface area contributed by atoms with Gasteiger partial charge in [-0.05, 0) is 27.3 Å². The zero-order valence-corrected chi connectivity index (χ0v) is 10.1. The molecule has 0 aliphatic rings. The van der Waals surface area contributed by atoms with E-state index in [1.165, 1.54) is 0 Å². The molecule has 0 aliphatic heterocycles. The Morgan fingerprint density at radius 1 is 1.33 bits per heavy atom. The quantitative estimate of drug-likeness (QED) is 0.586. The number of amides is 2. The van der Waals surface area contributed by atoms with E-state index in [0.29, 0.717) is 6.54 Å². The van der Waals surface area contributed by atoms with Crippen LogP contribution in [0.3, 0.4) is 0 Å². The van der Waals surface area contributed by atoms with Crippen LogP contribution in [0.15, 0.2) is 0 Å². The van der Waals surface area contributed by atoms with Gasteiger partial charge in [-0.2, -0.15) is 0 Å². The van der Waals surface area contributed by atoms with Gasteiger partial charge in [0, 0.05) is 7.05 Å². The summed E-state index contributed by atoms with van der Waals surface area (Å²) in [6.07, 6.45) is 0. The van der Waals surface area contributed by atoms with Crippen molar-refractivity contribution in [2.75, 3.05) is 13.6 Å². The normalized spacial score (nSPS) is 13.1. The fourth-order valence-electron chi connectivity index (χ4n) is 1.18. The number of carbonyl (C=O) groups excluding carboxylic acids is 2. The molecule has 5 nitrogen and oxygen atoms in total. The highest BCUT2D eigenvalue weighted by Crippen LogP contribution is 2.02. The summed E-state index contributed by atoms with van der Waals surface area (Å²) in [5, 5.41) is 8.16. The van der Waals surface area contributed by atoms with Crippen molar-refractivity contribution in [3.63, 3.8) is 0 Å². The van der Waals surface area contributed by atoms with E-state index >= 15 is 0 Å². The van der Waals surface area contributed by atoms with Crippen molar-refractivity contribution in [1.29, 1.82) is 0 Å². The zero-order chi connectivity index (χ0) is 12.1. The van der Waals surface area contributed by atoms with Crippen molar-refractivity contribution >= 4 is 11.8 Å². The van der Waals surface area contributed by atoms with Crippen molar-refractivity contribution < 1.29 is 9.59 Å². The van der Waals surface area contributed by atoms with E-state index in [0.717, 1.165) is 0 Å². The summed E-state index contributed by atoms with van der Waals surface area (Å²) in [6.45, 7) is 7.84. The summed E-state index contributed by atoms with van der Waals surface area (Å²) in [6, 6.07) is -0.513. The van der Waals surface area contributed by atoms with E-state index in [4.69, 9.17) is 0 Å². The van der Waals surface area contributed by atoms with Gasteiger partial charge in [0.05, 0.1) is 5.54 Å². The Morgan fingerprint density at radius 2 is 1.87 bits per heavy atom. The molecule has 0 heterocycles. The molecule has 3 N–H and O–H groups in total. The van der Waals surface area contributed by atoms with Gasteiger partial charge in [0.15, 0.2) is 0 Å². The van der Waals surface area contributed by atoms with E-state index < -0.39 is 11.6 Å². The van der Waals surface area contributed by atoms with E-state index in [1.54, 1.807) is 27.8 Å². The molecule has 0 rings (SSSR count). The lowest BCUT2D eigenvalue weighted by Crippen LogP contribution is -2.56. The molecule has 88 valence electrons. The van der Waals surface area contributed by atoms with Crippen LogP contribution in [0.25, 0.3) is 0 Å². The van der Waals surface area contributed by atoms with E-state index in [2.05, 4.69) is 16.0 Å². The third-order valence-corrected chi connectivity index (χ3v) is 2.17. The monoisotopic (exact) mass is 215 g/mol. The minimum atomic E-state index is -0.656. The fraction of sp³-hybridized carbons (Fsp3) is 0.800. The van der Waals surface area contributed by atoms with Crippen LogP contribution in [-0.4, -0.2) is 37.0 Å². The van der Waals surface area contributed by atoms with Gasteiger partial charge < -0.3 is 16.0 Å². The Labute approximate surface area is 91.0 Å². The van der Waals surface area contributed by atoms with Gasteiger partial charge in [-0.25, -0.2) is 0 Å². The van der Waals surface area contributed by atoms with Gasteiger partial charge in [-0.15, -0.1) is 0 Å². The van der Waals surface area contributed by atoms with Crippen LogP contribution in [0.4, 0.5) is 0 Å². The molecule has 0 aliphatic carbocycles. The average Bonchev–Trinajstić information content (AvgIpc) is 2.16. The second-order valence-corrected chi connectivity index (χ2v) is 3.96. The summed E-state index contributed by atoms with van der Waals surface area (Å²) in [4.78, 5) is 22.9. The van der Waals surface area contributed by atoms with Crippen LogP contribution in [-0.2, 0) is 9.59 Å². The van der Waals surface area contributed by atoms with Crippen LogP contribution >= 0.6 is 0 Å². The van der Waals surface area contributed by atoms with Gasteiger partial charge in [0.25, 0.3) is 0 Å². The fourth-order valence-corrected chi connectivity index (χ4v) is 1.18. The number of hydrogen-bond donors (Lipinski definition) is 3. The highest BCUT2D eigenvalue weighted by molar-refractivity contribution is 5.91. The van der Waals surface area contributed by atoms with Crippen molar-refractivity contribution in [3.8, 4) is 0 Å². The average molecular weight is 215 g/mol. The van der Waals surface area contributed by atoms with E-state index in [-0.39, 0.29) is 11.8 Å². The molecule has 2 amide bonds. The number of rotatable bonds is 5. The van der Waals surface area contributed by atoms with E-state index in [9.17, 15) is 9.59 Å². The van der Waals surface area contributed by atoms with Gasteiger partial charge in [0.1, 0.15) is 6.04 Å². The third kappa shape index (κ3) is 4.29. The van der Waals surface area contributed by atoms with Gasteiger partial charge in [-0.3, -0.25) is 9.59 Å². The maximum Gasteiger partial charge on any atom is 0.242 e. The second-order valence-electron chi connectivity index (χ2n) is 3.96. The molecular weight excluding hydrogens is 194 g/mol. The van der Waals surface area contributed by atoms with E-state index in [1.807, 2.05) is 6.92 Å². The van der Waals surface area contributed by atoms with Gasteiger partial charge >= 0.3 is 0 Å². The third-order valence-electron chi connectivity index (χ3n) is 2.17. The zero-order valence-electron chi connectivity index (χ0n) is 10.1. The van der Waals surface area contributed by atoms with Gasteiger partial charge in [0.2, 0.25) is 11.8 Å². The second kappa shape index (κ2) is 5.70. The topological polar surface area (TPSA) is 70.2 Å². The van der Waals surface area contributed by atoms with Crippen LogP contribution < -0.4 is 16.0 Å². The van der Waals surface area contributed by atoms with Crippen LogP contribution in [0.1, 0.15) is 27.7 Å². The molecule has 0 aromatic rings. The summed E-state index contributed by atoms with van der Waals surface area (Å²) in [7, 11) is 1.54. The first kappa shape index (κ1) is 13.9. The van der Waals surface area contributed by atoms with Crippen molar-refractivity contribution in [3.05, 3.63) is 0 Å². The predicted molar refractivity (Wildman–Crippen MR) is 59.4 cm³/mol. The van der Waals surface area contributed by atoms with Crippen LogP contribution in [0.5, 0.6) is 0 Å². The molecule has 15 heavy (non-hydrogen) atoms. The highest BCUT2D eigenvalue weighted by Gasteiger charge is 2.28. The Hall–Kier alpha value is -1.10. The predicted octanol–water partition coefficient (Wildman–Crippen LogP) is -0.375. The molecule has 0 unspecified atom stereocenters. The molecule has 0 aromatic heterocycles. The lowest BCUT2D eigenvalue weighted by Gasteiger charge is -2.26. The summed E-state index contributed by atoms with van der Waals surface area (Å²) >= 11 is 0. The van der Waals surface area contributed by atoms with Crippen LogP contribution in [0, 0.1) is 0 Å². The molecule has 1 atom stereocenters. The molecule has 0 fully saturated rings. The maximum atomic E-state index is 11.7. The summed E-state index contributed by atoms with van der Waals surface area (Å²) < 4.78 is 0. The van der Waals surface area contributed by atoms with Crippen molar-refractivity contribution in [1.82, 2.24) is 16.0 Å². The number of hydrogen-bond acceptors (Lipinski definition) is 3. The molecule has 0 aromatic carbocycles. The number of nitrogens with one attached hydrogen (secondary N) is 3. The molecule has 0 bridgehead atoms. The Balaban J connectivity index is 4.29. The van der Waals surface area contributed by atoms with Crippen molar-refractivity contribution in [2.24, 2.45) is 0 Å². The summed E-state index contributed by atoms with van der Waals surface area (Å²) in [5.41, 5.74) is -0.656. The lowest BCUT2D eigenvalue weighted by molar-refractivity contribution is -0.131. The first-order chi connectivity index (χ1) is 6.85.